The SMILES string of the molecule is CCCCCc1oc(CCCCCCCCCCC(=O)OC[C@H](COP(=O)(O)OCCN)OC(=O)CCC/C=C\C/C=C\C/C=C\C/C=C\CCC[C@H](C)O)c(C)c1C. The van der Waals surface area contributed by atoms with Gasteiger partial charge in [-0.3, -0.25) is 18.6 Å². The van der Waals surface area contributed by atoms with E-state index < -0.39 is 32.5 Å². The molecule has 338 valence electrons. The molecular weight excluding hydrogens is 769 g/mol. The van der Waals surface area contributed by atoms with Crippen molar-refractivity contribution in [3.8, 4) is 0 Å². The largest absolute Gasteiger partial charge is 0.472 e. The van der Waals surface area contributed by atoms with Crippen molar-refractivity contribution in [2.24, 2.45) is 5.73 Å². The summed E-state index contributed by atoms with van der Waals surface area (Å²) < 4.78 is 39.0. The topological polar surface area (TPSA) is 168 Å². The molecule has 4 N–H and O–H groups in total. The van der Waals surface area contributed by atoms with Crippen molar-refractivity contribution in [2.75, 3.05) is 26.4 Å². The van der Waals surface area contributed by atoms with Crippen LogP contribution in [0.25, 0.3) is 0 Å². The number of hydrogen-bond acceptors (Lipinski definition) is 10. The van der Waals surface area contributed by atoms with Crippen LogP contribution in [0.15, 0.2) is 53.0 Å². The fourth-order valence-electron chi connectivity index (χ4n) is 6.29. The minimum atomic E-state index is -4.41. The summed E-state index contributed by atoms with van der Waals surface area (Å²) in [4.78, 5) is 35.0. The zero-order valence-corrected chi connectivity index (χ0v) is 37.9. The van der Waals surface area contributed by atoms with Crippen LogP contribution in [0.2, 0.25) is 0 Å². The number of esters is 2. The second-order valence-electron chi connectivity index (χ2n) is 15.4. The van der Waals surface area contributed by atoms with Crippen molar-refractivity contribution in [2.45, 2.75) is 188 Å². The van der Waals surface area contributed by atoms with Crippen LogP contribution >= 0.6 is 7.82 Å². The van der Waals surface area contributed by atoms with Crippen LogP contribution in [-0.2, 0) is 45.5 Å². The third-order valence-corrected chi connectivity index (χ3v) is 10.9. The number of ether oxygens (including phenoxy) is 2. The van der Waals surface area contributed by atoms with E-state index in [9.17, 15) is 24.2 Å². The summed E-state index contributed by atoms with van der Waals surface area (Å²) in [5, 5.41) is 9.27. The second-order valence-corrected chi connectivity index (χ2v) is 16.9. The fraction of sp³-hybridized carbons (Fsp3) is 0.702. The molecule has 0 aliphatic rings. The van der Waals surface area contributed by atoms with Gasteiger partial charge in [-0.15, -0.1) is 0 Å². The molecule has 1 aromatic rings. The van der Waals surface area contributed by atoms with Crippen LogP contribution in [-0.4, -0.2) is 60.5 Å². The van der Waals surface area contributed by atoms with E-state index in [2.05, 4.69) is 57.2 Å². The van der Waals surface area contributed by atoms with Gasteiger partial charge in [0.05, 0.1) is 19.3 Å². The maximum Gasteiger partial charge on any atom is 0.472 e. The molecule has 0 radical (unpaired) electrons. The molecule has 0 bridgehead atoms. The van der Waals surface area contributed by atoms with Gasteiger partial charge in [-0.2, -0.15) is 0 Å². The smallest absolute Gasteiger partial charge is 0.466 e. The first-order valence-electron chi connectivity index (χ1n) is 22.5. The normalized spacial score (nSPS) is 14.2. The fourth-order valence-corrected chi connectivity index (χ4v) is 7.06. The highest BCUT2D eigenvalue weighted by molar-refractivity contribution is 7.47. The first-order chi connectivity index (χ1) is 28.5. The van der Waals surface area contributed by atoms with Gasteiger partial charge in [0.25, 0.3) is 0 Å². The number of aliphatic hydroxyl groups is 1. The number of aryl methyl sites for hydroxylation is 2. The molecule has 0 amide bonds. The number of carbonyl (C=O) groups excluding carboxylic acids is 2. The molecule has 0 aromatic carbocycles. The average molecular weight is 850 g/mol. The Balaban J connectivity index is 2.29. The summed E-state index contributed by atoms with van der Waals surface area (Å²) in [5.74, 6) is 1.39. The molecule has 0 aliphatic heterocycles. The van der Waals surface area contributed by atoms with Gasteiger partial charge in [0.2, 0.25) is 0 Å². The van der Waals surface area contributed by atoms with E-state index in [1.165, 1.54) is 55.4 Å². The van der Waals surface area contributed by atoms with E-state index in [1.54, 1.807) is 0 Å². The Morgan fingerprint density at radius 2 is 1.20 bits per heavy atom. The summed E-state index contributed by atoms with van der Waals surface area (Å²) in [7, 11) is -4.41. The molecule has 59 heavy (non-hydrogen) atoms. The Labute approximate surface area is 356 Å². The lowest BCUT2D eigenvalue weighted by Gasteiger charge is -2.19. The number of phosphoric ester groups is 1. The number of nitrogens with two attached hydrogens (primary N) is 1. The van der Waals surface area contributed by atoms with E-state index >= 15 is 0 Å². The molecule has 12 heteroatoms. The molecule has 0 saturated heterocycles. The van der Waals surface area contributed by atoms with Gasteiger partial charge in [0, 0.05) is 32.2 Å². The summed E-state index contributed by atoms with van der Waals surface area (Å²) in [5.41, 5.74) is 7.99. The summed E-state index contributed by atoms with van der Waals surface area (Å²) in [6.45, 7) is 7.50. The molecule has 1 rings (SSSR count). The van der Waals surface area contributed by atoms with Gasteiger partial charge in [-0.05, 0) is 103 Å². The van der Waals surface area contributed by atoms with Crippen LogP contribution in [0.5, 0.6) is 0 Å². The monoisotopic (exact) mass is 850 g/mol. The van der Waals surface area contributed by atoms with Crippen LogP contribution < -0.4 is 5.73 Å². The molecule has 1 unspecified atom stereocenters. The van der Waals surface area contributed by atoms with Crippen molar-refractivity contribution in [1.29, 1.82) is 0 Å². The number of phosphoric acid groups is 1. The highest BCUT2D eigenvalue weighted by Gasteiger charge is 2.26. The first kappa shape index (κ1) is 54.2. The zero-order chi connectivity index (χ0) is 43.4. The highest BCUT2D eigenvalue weighted by atomic mass is 31.2. The Morgan fingerprint density at radius 3 is 1.76 bits per heavy atom. The van der Waals surface area contributed by atoms with E-state index in [0.29, 0.717) is 19.3 Å². The highest BCUT2D eigenvalue weighted by Crippen LogP contribution is 2.43. The Bertz CT molecular complexity index is 1400. The van der Waals surface area contributed by atoms with Crippen molar-refractivity contribution in [3.05, 3.63) is 71.3 Å². The lowest BCUT2D eigenvalue weighted by Crippen LogP contribution is -2.29. The first-order valence-corrected chi connectivity index (χ1v) is 24.0. The van der Waals surface area contributed by atoms with Gasteiger partial charge in [0.1, 0.15) is 18.1 Å². The average Bonchev–Trinajstić information content (AvgIpc) is 3.47. The Morgan fingerprint density at radius 1 is 0.695 bits per heavy atom. The third-order valence-electron chi connectivity index (χ3n) is 9.94. The number of hydrogen-bond donors (Lipinski definition) is 3. The van der Waals surface area contributed by atoms with Crippen molar-refractivity contribution >= 4 is 19.8 Å². The minimum Gasteiger partial charge on any atom is -0.466 e. The van der Waals surface area contributed by atoms with Crippen molar-refractivity contribution in [3.63, 3.8) is 0 Å². The van der Waals surface area contributed by atoms with Crippen LogP contribution in [0.1, 0.15) is 171 Å². The summed E-state index contributed by atoms with van der Waals surface area (Å²) in [6.07, 6.45) is 36.7. The minimum absolute atomic E-state index is 0.0316. The number of carbonyl (C=O) groups is 2. The lowest BCUT2D eigenvalue weighted by molar-refractivity contribution is -0.161. The molecule has 0 saturated carbocycles. The second kappa shape index (κ2) is 35.9. The maximum atomic E-state index is 12.6. The quantitative estimate of drug-likeness (QED) is 0.0251. The predicted molar refractivity (Wildman–Crippen MR) is 238 cm³/mol. The van der Waals surface area contributed by atoms with Crippen LogP contribution in [0.4, 0.5) is 0 Å². The number of allylic oxidation sites excluding steroid dienone is 8. The van der Waals surface area contributed by atoms with Crippen molar-refractivity contribution < 1.29 is 47.1 Å². The van der Waals surface area contributed by atoms with E-state index in [1.807, 2.05) is 19.1 Å². The van der Waals surface area contributed by atoms with Gasteiger partial charge >= 0.3 is 19.8 Å². The number of furan rings is 1. The molecule has 3 atom stereocenters. The molecule has 0 aliphatic carbocycles. The Kier molecular flexibility index (Phi) is 33.0. The summed E-state index contributed by atoms with van der Waals surface area (Å²) >= 11 is 0. The van der Waals surface area contributed by atoms with Gasteiger partial charge in [-0.1, -0.05) is 107 Å². The number of unbranched alkanes of at least 4 members (excludes halogenated alkanes) is 11. The predicted octanol–water partition coefficient (Wildman–Crippen LogP) is 11.3. The lowest BCUT2D eigenvalue weighted by atomic mass is 10.0. The molecule has 11 nitrogen and oxygen atoms in total. The zero-order valence-electron chi connectivity index (χ0n) is 37.1. The van der Waals surface area contributed by atoms with Gasteiger partial charge in [0.15, 0.2) is 6.10 Å². The van der Waals surface area contributed by atoms with Crippen LogP contribution in [0.3, 0.4) is 0 Å². The van der Waals surface area contributed by atoms with E-state index in [0.717, 1.165) is 82.8 Å². The molecule has 0 spiro atoms. The van der Waals surface area contributed by atoms with Gasteiger partial charge in [-0.25, -0.2) is 4.57 Å². The number of rotatable bonds is 38. The van der Waals surface area contributed by atoms with E-state index in [4.69, 9.17) is 28.7 Å². The van der Waals surface area contributed by atoms with Gasteiger partial charge < -0.3 is 29.6 Å². The van der Waals surface area contributed by atoms with Crippen LogP contribution in [0, 0.1) is 13.8 Å². The Hall–Kier alpha value is -2.79. The molecular formula is C47H80NO10P. The molecule has 1 aromatic heterocycles. The molecule has 0 fully saturated rings. The summed E-state index contributed by atoms with van der Waals surface area (Å²) in [6, 6.07) is 0. The van der Waals surface area contributed by atoms with E-state index in [-0.39, 0.29) is 38.7 Å². The molecule has 1 heterocycles. The third kappa shape index (κ3) is 30.8. The standard InChI is InChI=1S/C47H80NO10P/c1-5-6-26-32-44-41(3)42(4)45(58-44)33-28-23-19-16-17-20-24-29-34-46(50)54-38-43(39-56-59(52,53)55-37-36-48)57-47(51)35-30-25-21-15-13-11-9-7-8-10-12-14-18-22-27-31-40(2)49/h8-11,14-15,18,21,40,43,49H,5-7,12-13,16-17,19-20,22-39,48H2,1-4H3,(H,52,53)/b10-8-,11-9-,18-14-,21-15-/t40-,43+/m0/s1. The van der Waals surface area contributed by atoms with Crippen molar-refractivity contribution in [1.82, 2.24) is 0 Å². The maximum absolute atomic E-state index is 12.6. The number of aliphatic hydroxyl groups excluding tert-OH is 1.